The molecule has 1 rings (SSSR count). The molecule has 3 amide bonds. The molecule has 1 atom stereocenters. The highest BCUT2D eigenvalue weighted by molar-refractivity contribution is 5.98. The maximum atomic E-state index is 11.9. The molecule has 0 radical (unpaired) electrons. The minimum Gasteiger partial charge on any atom is -0.449 e. The number of hydrogen-bond acceptors (Lipinski definition) is 5. The van der Waals surface area contributed by atoms with Crippen molar-refractivity contribution in [3.8, 4) is 0 Å². The third kappa shape index (κ3) is 5.53. The summed E-state index contributed by atoms with van der Waals surface area (Å²) in [6, 6.07) is 5.38. The lowest BCUT2D eigenvalue weighted by Crippen LogP contribution is -2.46. The van der Waals surface area contributed by atoms with Crippen LogP contribution in [0.1, 0.15) is 36.7 Å². The molecule has 0 heterocycles. The first-order valence-electron chi connectivity index (χ1n) is 6.85. The number of aliphatic hydroxyl groups excluding tert-OH is 1. The van der Waals surface area contributed by atoms with Crippen molar-refractivity contribution in [3.63, 3.8) is 0 Å². The molecule has 3 N–H and O–H groups in total. The van der Waals surface area contributed by atoms with Gasteiger partial charge in [-0.1, -0.05) is 12.1 Å². The second-order valence-electron chi connectivity index (χ2n) is 5.02. The van der Waals surface area contributed by atoms with Crippen molar-refractivity contribution < 1.29 is 24.2 Å². The minimum atomic E-state index is -1.11. The molecule has 7 nitrogen and oxygen atoms in total. The number of imide groups is 1. The summed E-state index contributed by atoms with van der Waals surface area (Å²) >= 11 is 0. The summed E-state index contributed by atoms with van der Waals surface area (Å²) in [6.45, 7) is 4.75. The van der Waals surface area contributed by atoms with Crippen molar-refractivity contribution in [1.82, 2.24) is 10.6 Å². The lowest BCUT2D eigenvalue weighted by Gasteiger charge is -2.14. The van der Waals surface area contributed by atoms with Crippen molar-refractivity contribution in [2.75, 3.05) is 0 Å². The van der Waals surface area contributed by atoms with Gasteiger partial charge in [0.25, 0.3) is 5.91 Å². The molecule has 0 bridgehead atoms. The fourth-order valence-corrected chi connectivity index (χ4v) is 1.54. The van der Waals surface area contributed by atoms with Crippen LogP contribution in [0, 0.1) is 0 Å². The number of carbonyl (C=O) groups excluding carboxylic acids is 3. The molecule has 120 valence electrons. The van der Waals surface area contributed by atoms with Crippen LogP contribution < -0.4 is 10.6 Å². The van der Waals surface area contributed by atoms with Crippen molar-refractivity contribution in [1.29, 1.82) is 0 Å². The van der Waals surface area contributed by atoms with E-state index in [2.05, 4.69) is 10.6 Å². The number of rotatable bonds is 5. The highest BCUT2D eigenvalue weighted by Gasteiger charge is 2.20. The predicted octanol–water partition coefficient (Wildman–Crippen LogP) is 0.958. The normalized spacial score (nSPS) is 11.7. The summed E-state index contributed by atoms with van der Waals surface area (Å²) in [5.74, 6) is -1.39. The fourth-order valence-electron chi connectivity index (χ4n) is 1.54. The van der Waals surface area contributed by atoms with Crippen molar-refractivity contribution in [2.45, 2.75) is 39.5 Å². The molecular formula is C15H20N2O5. The Morgan fingerprint density at radius 2 is 1.73 bits per heavy atom. The third-order valence-corrected chi connectivity index (χ3v) is 2.68. The number of esters is 1. The number of benzene rings is 1. The summed E-state index contributed by atoms with van der Waals surface area (Å²) in [5, 5.41) is 13.5. The van der Waals surface area contributed by atoms with Crippen LogP contribution in [-0.4, -0.2) is 35.2 Å². The van der Waals surface area contributed by atoms with Crippen LogP contribution in [0.2, 0.25) is 0 Å². The van der Waals surface area contributed by atoms with E-state index >= 15 is 0 Å². The second kappa shape index (κ2) is 8.14. The summed E-state index contributed by atoms with van der Waals surface area (Å²) in [6.07, 6.45) is -1.11. The summed E-state index contributed by atoms with van der Waals surface area (Å²) in [7, 11) is 0. The van der Waals surface area contributed by atoms with Gasteiger partial charge in [-0.15, -0.1) is 0 Å². The molecule has 0 spiro atoms. The van der Waals surface area contributed by atoms with E-state index in [-0.39, 0.29) is 18.2 Å². The van der Waals surface area contributed by atoms with Crippen LogP contribution >= 0.6 is 0 Å². The minimum absolute atomic E-state index is 0.115. The Labute approximate surface area is 128 Å². The zero-order valence-electron chi connectivity index (χ0n) is 12.8. The van der Waals surface area contributed by atoms with Gasteiger partial charge in [0, 0.05) is 6.04 Å². The van der Waals surface area contributed by atoms with Gasteiger partial charge in [-0.05, 0) is 38.5 Å². The van der Waals surface area contributed by atoms with Crippen LogP contribution in [0.25, 0.3) is 0 Å². The molecular weight excluding hydrogens is 288 g/mol. The van der Waals surface area contributed by atoms with E-state index in [1.165, 1.54) is 19.1 Å². The first kappa shape index (κ1) is 17.6. The van der Waals surface area contributed by atoms with Gasteiger partial charge in [0.2, 0.25) is 0 Å². The third-order valence-electron chi connectivity index (χ3n) is 2.68. The first-order chi connectivity index (χ1) is 10.3. The van der Waals surface area contributed by atoms with Crippen molar-refractivity contribution in [2.24, 2.45) is 0 Å². The number of hydrogen-bond donors (Lipinski definition) is 3. The molecule has 0 aliphatic rings. The number of ether oxygens (including phenoxy) is 1. The van der Waals surface area contributed by atoms with Gasteiger partial charge in [-0.2, -0.15) is 0 Å². The largest absolute Gasteiger partial charge is 0.449 e. The maximum Gasteiger partial charge on any atom is 0.338 e. The molecule has 0 fully saturated rings. The van der Waals surface area contributed by atoms with E-state index in [1.54, 1.807) is 26.0 Å². The Hall–Kier alpha value is -2.41. The Morgan fingerprint density at radius 1 is 1.14 bits per heavy atom. The van der Waals surface area contributed by atoms with Crippen LogP contribution in [0.3, 0.4) is 0 Å². The van der Waals surface area contributed by atoms with Crippen LogP contribution in [0.4, 0.5) is 4.79 Å². The van der Waals surface area contributed by atoms with Crippen LogP contribution in [-0.2, 0) is 16.1 Å². The highest BCUT2D eigenvalue weighted by Crippen LogP contribution is 2.07. The van der Waals surface area contributed by atoms with E-state index in [9.17, 15) is 14.4 Å². The van der Waals surface area contributed by atoms with E-state index in [4.69, 9.17) is 9.84 Å². The zero-order valence-corrected chi connectivity index (χ0v) is 12.8. The molecule has 22 heavy (non-hydrogen) atoms. The quantitative estimate of drug-likeness (QED) is 0.703. The number of amides is 3. The number of urea groups is 1. The Balaban J connectivity index is 2.55. The lowest BCUT2D eigenvalue weighted by molar-refractivity contribution is -0.127. The van der Waals surface area contributed by atoms with Gasteiger partial charge in [-0.25, -0.2) is 9.59 Å². The van der Waals surface area contributed by atoms with E-state index in [0.717, 1.165) is 0 Å². The van der Waals surface area contributed by atoms with E-state index in [1.807, 2.05) is 0 Å². The number of nitrogens with one attached hydrogen (secondary N) is 2. The Bertz CT molecular complexity index is 539. The van der Waals surface area contributed by atoms with Crippen LogP contribution in [0.5, 0.6) is 0 Å². The van der Waals surface area contributed by atoms with Crippen molar-refractivity contribution in [3.05, 3.63) is 35.4 Å². The molecule has 0 unspecified atom stereocenters. The van der Waals surface area contributed by atoms with Crippen molar-refractivity contribution >= 4 is 17.9 Å². The Morgan fingerprint density at radius 3 is 2.23 bits per heavy atom. The van der Waals surface area contributed by atoms with Gasteiger partial charge in [0.1, 0.15) is 0 Å². The smallest absolute Gasteiger partial charge is 0.338 e. The molecule has 0 saturated heterocycles. The summed E-state index contributed by atoms with van der Waals surface area (Å²) in [5.41, 5.74) is 0.913. The van der Waals surface area contributed by atoms with Gasteiger partial charge in [-0.3, -0.25) is 10.1 Å². The predicted molar refractivity (Wildman–Crippen MR) is 79.1 cm³/mol. The zero-order chi connectivity index (χ0) is 16.7. The molecule has 0 aromatic heterocycles. The van der Waals surface area contributed by atoms with Gasteiger partial charge in [0.05, 0.1) is 12.2 Å². The molecule has 0 aliphatic carbocycles. The van der Waals surface area contributed by atoms with E-state index in [0.29, 0.717) is 5.56 Å². The lowest BCUT2D eigenvalue weighted by atomic mass is 10.1. The monoisotopic (exact) mass is 308 g/mol. The molecule has 0 saturated carbocycles. The maximum absolute atomic E-state index is 11.9. The Kier molecular flexibility index (Phi) is 6.52. The standard InChI is InChI=1S/C15H20N2O5/c1-9(2)16-15(21)17-13(19)10(3)22-14(20)12-6-4-11(8-18)5-7-12/h4-7,9-10,18H,8H2,1-3H3,(H2,16,17,19,21)/t10-/m1/s1. The first-order valence-corrected chi connectivity index (χ1v) is 6.85. The van der Waals surface area contributed by atoms with Gasteiger partial charge < -0.3 is 15.2 Å². The topological polar surface area (TPSA) is 105 Å². The molecule has 0 aliphatic heterocycles. The highest BCUT2D eigenvalue weighted by atomic mass is 16.5. The number of carbonyl (C=O) groups is 3. The average Bonchev–Trinajstić information content (AvgIpc) is 2.46. The average molecular weight is 308 g/mol. The summed E-state index contributed by atoms with van der Waals surface area (Å²) in [4.78, 5) is 35.0. The second-order valence-corrected chi connectivity index (χ2v) is 5.02. The SMILES string of the molecule is CC(C)NC(=O)NC(=O)[C@@H](C)OC(=O)c1ccc(CO)cc1. The van der Waals surface area contributed by atoms with Gasteiger partial charge >= 0.3 is 12.0 Å². The summed E-state index contributed by atoms with van der Waals surface area (Å²) < 4.78 is 4.98. The molecule has 7 heteroatoms. The number of aliphatic hydroxyl groups is 1. The molecule has 1 aromatic rings. The van der Waals surface area contributed by atoms with Gasteiger partial charge in [0.15, 0.2) is 6.10 Å². The fraction of sp³-hybridized carbons (Fsp3) is 0.400. The van der Waals surface area contributed by atoms with Crippen LogP contribution in [0.15, 0.2) is 24.3 Å². The molecule has 1 aromatic carbocycles. The van der Waals surface area contributed by atoms with E-state index < -0.39 is 24.0 Å².